The van der Waals surface area contributed by atoms with E-state index in [4.69, 9.17) is 0 Å². The van der Waals surface area contributed by atoms with Crippen molar-refractivity contribution in [1.29, 1.82) is 0 Å². The molecule has 0 radical (unpaired) electrons. The average Bonchev–Trinajstić information content (AvgIpc) is 2.95. The smallest absolute Gasteiger partial charge is 0.0420 e. The van der Waals surface area contributed by atoms with Crippen molar-refractivity contribution in [2.45, 2.75) is 45.6 Å². The van der Waals surface area contributed by atoms with Crippen molar-refractivity contribution in [1.82, 2.24) is 5.32 Å². The number of nitrogens with one attached hydrogen (secondary N) is 1. The first kappa shape index (κ1) is 11.2. The van der Waals surface area contributed by atoms with Crippen molar-refractivity contribution in [2.75, 3.05) is 6.54 Å². The van der Waals surface area contributed by atoms with Crippen LogP contribution < -0.4 is 5.32 Å². The topological polar surface area (TPSA) is 12.0 Å². The Morgan fingerprint density at radius 2 is 2.33 bits per heavy atom. The monoisotopic (exact) mass is 223 g/mol. The highest BCUT2D eigenvalue weighted by Crippen LogP contribution is 2.39. The molecule has 1 heterocycles. The van der Waals surface area contributed by atoms with Crippen LogP contribution in [0.4, 0.5) is 0 Å². The maximum Gasteiger partial charge on any atom is 0.0420 e. The van der Waals surface area contributed by atoms with Crippen LogP contribution in [0.2, 0.25) is 0 Å². The van der Waals surface area contributed by atoms with Gasteiger partial charge in [-0.05, 0) is 49.2 Å². The summed E-state index contributed by atoms with van der Waals surface area (Å²) < 4.78 is 0. The van der Waals surface area contributed by atoms with Gasteiger partial charge in [0.05, 0.1) is 0 Å². The van der Waals surface area contributed by atoms with Gasteiger partial charge in [-0.15, -0.1) is 11.3 Å². The molecule has 0 spiro atoms. The second-order valence-electron chi connectivity index (χ2n) is 4.65. The molecule has 84 valence electrons. The summed E-state index contributed by atoms with van der Waals surface area (Å²) >= 11 is 1.92. The molecule has 2 heteroatoms. The molecule has 1 aliphatic rings. The quantitative estimate of drug-likeness (QED) is 0.771. The van der Waals surface area contributed by atoms with Crippen molar-refractivity contribution in [3.8, 4) is 0 Å². The summed E-state index contributed by atoms with van der Waals surface area (Å²) in [6.45, 7) is 5.62. The molecule has 0 bridgehead atoms. The summed E-state index contributed by atoms with van der Waals surface area (Å²) in [5.74, 6) is 1.00. The Labute approximate surface area is 96.9 Å². The van der Waals surface area contributed by atoms with Gasteiger partial charge in [-0.25, -0.2) is 0 Å². The highest BCUT2D eigenvalue weighted by Gasteiger charge is 2.27. The van der Waals surface area contributed by atoms with Crippen molar-refractivity contribution >= 4 is 11.3 Å². The van der Waals surface area contributed by atoms with E-state index in [-0.39, 0.29) is 0 Å². The molecule has 0 aromatic carbocycles. The molecule has 1 nitrogen and oxygen atoms in total. The van der Waals surface area contributed by atoms with Gasteiger partial charge in [-0.3, -0.25) is 0 Å². The van der Waals surface area contributed by atoms with E-state index in [1.54, 1.807) is 4.88 Å². The van der Waals surface area contributed by atoms with Crippen LogP contribution >= 0.6 is 11.3 Å². The summed E-state index contributed by atoms with van der Waals surface area (Å²) in [5, 5.41) is 5.91. The Morgan fingerprint density at radius 1 is 1.53 bits per heavy atom. The maximum atomic E-state index is 3.69. The normalized spacial score (nSPS) is 18.0. The van der Waals surface area contributed by atoms with Crippen LogP contribution in [0, 0.1) is 12.8 Å². The van der Waals surface area contributed by atoms with Crippen molar-refractivity contribution in [2.24, 2.45) is 5.92 Å². The van der Waals surface area contributed by atoms with E-state index in [1.165, 1.54) is 31.2 Å². The Balaban J connectivity index is 1.99. The predicted octanol–water partition coefficient (Wildman–Crippen LogP) is 3.90. The maximum absolute atomic E-state index is 3.69. The fourth-order valence-electron chi connectivity index (χ4n) is 2.03. The van der Waals surface area contributed by atoms with Crippen LogP contribution in [-0.4, -0.2) is 6.54 Å². The zero-order valence-corrected chi connectivity index (χ0v) is 10.6. The third kappa shape index (κ3) is 3.05. The molecule has 1 aromatic rings. The molecule has 1 aliphatic carbocycles. The molecule has 0 aliphatic heterocycles. The molecular weight excluding hydrogens is 202 g/mol. The number of aryl methyl sites for hydroxylation is 1. The molecular formula is C13H21NS. The molecule has 2 rings (SSSR count). The number of rotatable bonds is 6. The lowest BCUT2D eigenvalue weighted by Crippen LogP contribution is -2.22. The molecule has 1 atom stereocenters. The first-order valence-electron chi connectivity index (χ1n) is 6.08. The molecule has 1 N–H and O–H groups in total. The van der Waals surface area contributed by atoms with E-state index in [0.717, 1.165) is 12.5 Å². The third-order valence-corrected chi connectivity index (χ3v) is 4.26. The molecule has 0 amide bonds. The van der Waals surface area contributed by atoms with E-state index >= 15 is 0 Å². The summed E-state index contributed by atoms with van der Waals surface area (Å²) in [5.41, 5.74) is 1.47. The first-order chi connectivity index (χ1) is 7.31. The summed E-state index contributed by atoms with van der Waals surface area (Å²) in [4.78, 5) is 1.57. The fraction of sp³-hybridized carbons (Fsp3) is 0.692. The average molecular weight is 223 g/mol. The van der Waals surface area contributed by atoms with Gasteiger partial charge in [0.2, 0.25) is 0 Å². The summed E-state index contributed by atoms with van der Waals surface area (Å²) in [6.07, 6.45) is 5.48. The zero-order valence-electron chi connectivity index (χ0n) is 9.75. The number of thiophene rings is 1. The molecule has 1 aromatic heterocycles. The lowest BCUT2D eigenvalue weighted by Gasteiger charge is -2.18. The van der Waals surface area contributed by atoms with E-state index in [9.17, 15) is 0 Å². The Bertz CT molecular complexity index is 301. The minimum absolute atomic E-state index is 0.623. The highest BCUT2D eigenvalue weighted by atomic mass is 32.1. The van der Waals surface area contributed by atoms with Gasteiger partial charge in [0, 0.05) is 10.9 Å². The lowest BCUT2D eigenvalue weighted by molar-refractivity contribution is 0.479. The van der Waals surface area contributed by atoms with Crippen LogP contribution in [0.25, 0.3) is 0 Å². The van der Waals surface area contributed by atoms with Crippen molar-refractivity contribution < 1.29 is 0 Å². The second kappa shape index (κ2) is 5.13. The van der Waals surface area contributed by atoms with Crippen molar-refractivity contribution in [3.63, 3.8) is 0 Å². The summed E-state index contributed by atoms with van der Waals surface area (Å²) in [6, 6.07) is 2.87. The summed E-state index contributed by atoms with van der Waals surface area (Å²) in [7, 11) is 0. The second-order valence-corrected chi connectivity index (χ2v) is 5.60. The largest absolute Gasteiger partial charge is 0.309 e. The van der Waals surface area contributed by atoms with E-state index in [2.05, 4.69) is 30.6 Å². The first-order valence-corrected chi connectivity index (χ1v) is 6.96. The fourth-order valence-corrected chi connectivity index (χ4v) is 3.05. The Hall–Kier alpha value is -0.340. The standard InChI is InChI=1S/C13H21NS/c1-3-7-14-12(9-11-4-5-11)13-10(2)6-8-15-13/h6,8,11-12,14H,3-5,7,9H2,1-2H3. The van der Waals surface area contributed by atoms with Gasteiger partial charge in [-0.1, -0.05) is 19.8 Å². The Kier molecular flexibility index (Phi) is 3.81. The molecule has 1 unspecified atom stereocenters. The van der Waals surface area contributed by atoms with Crippen LogP contribution in [-0.2, 0) is 0 Å². The van der Waals surface area contributed by atoms with Crippen LogP contribution in [0.1, 0.15) is 49.1 Å². The van der Waals surface area contributed by atoms with E-state index in [0.29, 0.717) is 6.04 Å². The van der Waals surface area contributed by atoms with Gasteiger partial charge in [-0.2, -0.15) is 0 Å². The molecule has 15 heavy (non-hydrogen) atoms. The minimum atomic E-state index is 0.623. The van der Waals surface area contributed by atoms with Gasteiger partial charge in [0.25, 0.3) is 0 Å². The number of hydrogen-bond donors (Lipinski definition) is 1. The Morgan fingerprint density at radius 3 is 2.87 bits per heavy atom. The van der Waals surface area contributed by atoms with Gasteiger partial charge in [0.15, 0.2) is 0 Å². The lowest BCUT2D eigenvalue weighted by atomic mass is 10.1. The van der Waals surface area contributed by atoms with Crippen LogP contribution in [0.15, 0.2) is 11.4 Å². The van der Waals surface area contributed by atoms with Crippen molar-refractivity contribution in [3.05, 3.63) is 21.9 Å². The van der Waals surface area contributed by atoms with Gasteiger partial charge < -0.3 is 5.32 Å². The highest BCUT2D eigenvalue weighted by molar-refractivity contribution is 7.10. The SMILES string of the molecule is CCCNC(CC1CC1)c1sccc1C. The van der Waals surface area contributed by atoms with E-state index < -0.39 is 0 Å². The van der Waals surface area contributed by atoms with Gasteiger partial charge >= 0.3 is 0 Å². The molecule has 0 saturated heterocycles. The predicted molar refractivity (Wildman–Crippen MR) is 67.4 cm³/mol. The number of hydrogen-bond acceptors (Lipinski definition) is 2. The van der Waals surface area contributed by atoms with E-state index in [1.807, 2.05) is 11.3 Å². The minimum Gasteiger partial charge on any atom is -0.309 e. The molecule has 1 fully saturated rings. The molecule has 1 saturated carbocycles. The van der Waals surface area contributed by atoms with Gasteiger partial charge in [0.1, 0.15) is 0 Å². The van der Waals surface area contributed by atoms with Crippen LogP contribution in [0.5, 0.6) is 0 Å². The third-order valence-electron chi connectivity index (χ3n) is 3.12. The zero-order chi connectivity index (χ0) is 10.7. The van der Waals surface area contributed by atoms with Crippen LogP contribution in [0.3, 0.4) is 0 Å².